The summed E-state index contributed by atoms with van der Waals surface area (Å²) in [5.74, 6) is 1.55. The van der Waals surface area contributed by atoms with Crippen molar-refractivity contribution in [1.82, 2.24) is 9.55 Å². The van der Waals surface area contributed by atoms with E-state index < -0.39 is 0 Å². The van der Waals surface area contributed by atoms with Gasteiger partial charge in [-0.1, -0.05) is 6.07 Å². The van der Waals surface area contributed by atoms with E-state index in [1.807, 2.05) is 24.4 Å². The lowest BCUT2D eigenvalue weighted by molar-refractivity contribution is 0.134. The summed E-state index contributed by atoms with van der Waals surface area (Å²) in [4.78, 5) is 22.3. The Kier molecular flexibility index (Phi) is 4.92. The molecule has 6 nitrogen and oxygen atoms in total. The molecule has 1 aromatic carbocycles. The highest BCUT2D eigenvalue weighted by Gasteiger charge is 2.39. The van der Waals surface area contributed by atoms with Crippen LogP contribution in [0.3, 0.4) is 0 Å². The van der Waals surface area contributed by atoms with E-state index in [9.17, 15) is 4.79 Å². The number of methoxy groups -OCH3 is 1. The lowest BCUT2D eigenvalue weighted by Gasteiger charge is -2.31. The van der Waals surface area contributed by atoms with Gasteiger partial charge < -0.3 is 14.0 Å². The van der Waals surface area contributed by atoms with Gasteiger partial charge >= 0.3 is 0 Å². The highest BCUT2D eigenvalue weighted by molar-refractivity contribution is 6.16. The van der Waals surface area contributed by atoms with Crippen LogP contribution in [0.25, 0.3) is 0 Å². The van der Waals surface area contributed by atoms with Crippen LogP contribution in [0.5, 0.6) is 11.5 Å². The van der Waals surface area contributed by atoms with Gasteiger partial charge in [0, 0.05) is 47.8 Å². The van der Waals surface area contributed by atoms with Gasteiger partial charge in [-0.25, -0.2) is 0 Å². The number of fused-ring (bicyclic) bond motifs is 3. The maximum absolute atomic E-state index is 13.0. The van der Waals surface area contributed by atoms with E-state index in [1.165, 1.54) is 5.56 Å². The SMILES string of the molecule is COc1cc2c(c3c1OC(C)(C)C3)C(c1ccn(Cc3cccnc3)c(=O)c1)=NC(C)(C)C2. The number of nitrogens with zero attached hydrogens (tertiary/aromatic N) is 3. The fourth-order valence-corrected chi connectivity index (χ4v) is 4.90. The zero-order valence-electron chi connectivity index (χ0n) is 19.8. The van der Waals surface area contributed by atoms with Crippen molar-refractivity contribution in [1.29, 1.82) is 0 Å². The Balaban J connectivity index is 1.63. The monoisotopic (exact) mass is 443 g/mol. The average molecular weight is 444 g/mol. The normalized spacial score (nSPS) is 17.5. The molecule has 0 amide bonds. The Morgan fingerprint density at radius 3 is 2.67 bits per heavy atom. The smallest absolute Gasteiger partial charge is 0.251 e. The number of benzene rings is 1. The third-order valence-corrected chi connectivity index (χ3v) is 6.25. The lowest BCUT2D eigenvalue weighted by Crippen LogP contribution is -2.31. The molecule has 0 atom stereocenters. The zero-order valence-corrected chi connectivity index (χ0v) is 19.8. The second-order valence-corrected chi connectivity index (χ2v) is 10.2. The molecule has 0 aliphatic carbocycles. The third-order valence-electron chi connectivity index (χ3n) is 6.25. The van der Waals surface area contributed by atoms with Gasteiger partial charge in [-0.2, -0.15) is 0 Å². The molecule has 0 saturated heterocycles. The standard InChI is InChI=1S/C27H29N3O3/c1-26(2)13-19-11-21(32-5)25-20(14-27(3,4)33-25)23(19)24(29-26)18-8-10-30(22(31)12-18)16-17-7-6-9-28-15-17/h6-12,15H,13-14,16H2,1-5H3. The third kappa shape index (κ3) is 3.94. The van der Waals surface area contributed by atoms with Crippen LogP contribution in [0.15, 0.2) is 58.7 Å². The summed E-state index contributed by atoms with van der Waals surface area (Å²) in [6.45, 7) is 8.90. The average Bonchev–Trinajstić information content (AvgIpc) is 3.08. The molecule has 170 valence electrons. The molecule has 3 aromatic rings. The molecule has 0 bridgehead atoms. The maximum Gasteiger partial charge on any atom is 0.251 e. The molecule has 2 aliphatic heterocycles. The Hall–Kier alpha value is -3.41. The molecule has 6 heteroatoms. The highest BCUT2D eigenvalue weighted by atomic mass is 16.5. The predicted octanol–water partition coefficient (Wildman–Crippen LogP) is 4.19. The van der Waals surface area contributed by atoms with Gasteiger partial charge in [0.15, 0.2) is 11.5 Å². The number of hydrogen-bond acceptors (Lipinski definition) is 5. The van der Waals surface area contributed by atoms with Crippen molar-refractivity contribution in [3.63, 3.8) is 0 Å². The molecule has 2 aromatic heterocycles. The number of hydrogen-bond donors (Lipinski definition) is 0. The van der Waals surface area contributed by atoms with E-state index in [-0.39, 0.29) is 16.7 Å². The molecular weight excluding hydrogens is 414 g/mol. The van der Waals surface area contributed by atoms with E-state index in [1.54, 1.807) is 30.1 Å². The fourth-order valence-electron chi connectivity index (χ4n) is 4.90. The number of ether oxygens (including phenoxy) is 2. The zero-order chi connectivity index (χ0) is 23.4. The Morgan fingerprint density at radius 2 is 1.97 bits per heavy atom. The highest BCUT2D eigenvalue weighted by Crippen LogP contribution is 2.47. The van der Waals surface area contributed by atoms with Crippen LogP contribution in [0.4, 0.5) is 0 Å². The molecule has 2 aliphatic rings. The van der Waals surface area contributed by atoms with Crippen LogP contribution in [0.2, 0.25) is 0 Å². The molecule has 0 saturated carbocycles. The summed E-state index contributed by atoms with van der Waals surface area (Å²) in [6.07, 6.45) is 6.92. The van der Waals surface area contributed by atoms with Crippen LogP contribution in [-0.2, 0) is 19.4 Å². The van der Waals surface area contributed by atoms with Crippen LogP contribution in [-0.4, -0.2) is 33.5 Å². The first-order chi connectivity index (χ1) is 15.7. The number of aromatic nitrogens is 2. The van der Waals surface area contributed by atoms with Gasteiger partial charge in [-0.15, -0.1) is 0 Å². The Labute approximate surface area is 193 Å². The number of aliphatic imine (C=N–C) groups is 1. The second-order valence-electron chi connectivity index (χ2n) is 10.2. The fraction of sp³-hybridized carbons (Fsp3) is 0.370. The summed E-state index contributed by atoms with van der Waals surface area (Å²) in [7, 11) is 1.68. The van der Waals surface area contributed by atoms with Crippen molar-refractivity contribution in [3.8, 4) is 11.5 Å². The summed E-state index contributed by atoms with van der Waals surface area (Å²) in [5, 5.41) is 0. The van der Waals surface area contributed by atoms with Crippen molar-refractivity contribution in [3.05, 3.63) is 87.1 Å². The molecule has 33 heavy (non-hydrogen) atoms. The van der Waals surface area contributed by atoms with Crippen LogP contribution < -0.4 is 15.0 Å². The summed E-state index contributed by atoms with van der Waals surface area (Å²) in [6, 6.07) is 9.60. The first-order valence-corrected chi connectivity index (χ1v) is 11.3. The van der Waals surface area contributed by atoms with Crippen molar-refractivity contribution in [2.75, 3.05) is 7.11 Å². The van der Waals surface area contributed by atoms with Crippen LogP contribution in [0, 0.1) is 0 Å². The van der Waals surface area contributed by atoms with Crippen molar-refractivity contribution in [2.24, 2.45) is 4.99 Å². The molecule has 5 rings (SSSR count). The quantitative estimate of drug-likeness (QED) is 0.607. The van der Waals surface area contributed by atoms with Crippen molar-refractivity contribution >= 4 is 5.71 Å². The van der Waals surface area contributed by atoms with Gasteiger partial charge in [0.2, 0.25) is 0 Å². The lowest BCUT2D eigenvalue weighted by atomic mass is 9.81. The molecule has 0 radical (unpaired) electrons. The molecule has 0 fully saturated rings. The number of pyridine rings is 2. The van der Waals surface area contributed by atoms with Gasteiger partial charge in [0.05, 0.1) is 24.9 Å². The van der Waals surface area contributed by atoms with Gasteiger partial charge in [0.25, 0.3) is 5.56 Å². The van der Waals surface area contributed by atoms with E-state index in [4.69, 9.17) is 14.5 Å². The van der Waals surface area contributed by atoms with Gasteiger partial charge in [0.1, 0.15) is 5.60 Å². The molecule has 4 heterocycles. The molecule has 0 spiro atoms. The van der Waals surface area contributed by atoms with Crippen molar-refractivity contribution in [2.45, 2.75) is 58.2 Å². The first kappa shape index (κ1) is 21.4. The second kappa shape index (κ2) is 7.58. The topological polar surface area (TPSA) is 65.7 Å². The van der Waals surface area contributed by atoms with E-state index in [2.05, 4.69) is 38.7 Å². The first-order valence-electron chi connectivity index (χ1n) is 11.3. The molecular formula is C27H29N3O3. The molecule has 0 N–H and O–H groups in total. The van der Waals surface area contributed by atoms with Crippen molar-refractivity contribution < 1.29 is 9.47 Å². The maximum atomic E-state index is 13.0. The molecule has 0 unspecified atom stereocenters. The minimum Gasteiger partial charge on any atom is -0.493 e. The summed E-state index contributed by atoms with van der Waals surface area (Å²) >= 11 is 0. The van der Waals surface area contributed by atoms with Gasteiger partial charge in [-0.05, 0) is 63.4 Å². The van der Waals surface area contributed by atoms with E-state index in [0.717, 1.165) is 52.3 Å². The largest absolute Gasteiger partial charge is 0.493 e. The van der Waals surface area contributed by atoms with Crippen LogP contribution in [0.1, 0.15) is 55.5 Å². The summed E-state index contributed by atoms with van der Waals surface area (Å²) < 4.78 is 13.7. The Morgan fingerprint density at radius 1 is 1.15 bits per heavy atom. The summed E-state index contributed by atoms with van der Waals surface area (Å²) in [5.41, 5.74) is 5.37. The van der Waals surface area contributed by atoms with E-state index in [0.29, 0.717) is 6.54 Å². The van der Waals surface area contributed by atoms with Gasteiger partial charge in [-0.3, -0.25) is 14.8 Å². The minimum absolute atomic E-state index is 0.0641. The van der Waals surface area contributed by atoms with Crippen LogP contribution >= 0.6 is 0 Å². The minimum atomic E-state index is -0.323. The van der Waals surface area contributed by atoms with E-state index >= 15 is 0 Å². The Bertz CT molecular complexity index is 1320. The predicted molar refractivity (Wildman–Crippen MR) is 129 cm³/mol. The number of rotatable bonds is 4.